The van der Waals surface area contributed by atoms with E-state index in [-0.39, 0.29) is 0 Å². The van der Waals surface area contributed by atoms with Gasteiger partial charge in [0.15, 0.2) is 5.60 Å². The van der Waals surface area contributed by atoms with Gasteiger partial charge in [-0.2, -0.15) is 35.1 Å². The summed E-state index contributed by atoms with van der Waals surface area (Å²) in [6.07, 6.45) is -4.17. The number of carbonyl (C=O) groups is 1. The first-order chi connectivity index (χ1) is 13.5. The normalized spacial score (nSPS) is 24.8. The van der Waals surface area contributed by atoms with Crippen molar-refractivity contribution in [3.63, 3.8) is 0 Å². The molecule has 1 aliphatic rings. The molecule has 0 radical (unpaired) electrons. The van der Waals surface area contributed by atoms with Crippen LogP contribution in [0, 0.1) is 0 Å². The van der Waals surface area contributed by atoms with Gasteiger partial charge >= 0.3 is 29.7 Å². The largest absolute Gasteiger partial charge is 0.464 e. The molecule has 1 fully saturated rings. The van der Waals surface area contributed by atoms with E-state index in [2.05, 4.69) is 4.74 Å². The fourth-order valence-electron chi connectivity index (χ4n) is 3.24. The van der Waals surface area contributed by atoms with Crippen molar-refractivity contribution in [2.24, 2.45) is 0 Å². The van der Waals surface area contributed by atoms with Crippen molar-refractivity contribution in [3.8, 4) is 0 Å². The molecule has 3 nitrogen and oxygen atoms in total. The maximum Gasteiger partial charge on any atom is 0.381 e. The maximum absolute atomic E-state index is 14.9. The molecule has 0 amide bonds. The van der Waals surface area contributed by atoms with Crippen LogP contribution >= 0.6 is 0 Å². The van der Waals surface area contributed by atoms with Crippen molar-refractivity contribution in [1.29, 1.82) is 0 Å². The Kier molecular flexibility index (Phi) is 5.92. The minimum atomic E-state index is -6.78. The zero-order valence-electron chi connectivity index (χ0n) is 15.4. The fourth-order valence-corrected chi connectivity index (χ4v) is 3.24. The van der Waals surface area contributed by atoms with Crippen LogP contribution in [-0.2, 0) is 16.0 Å². The first-order valence-corrected chi connectivity index (χ1v) is 8.65. The first kappa shape index (κ1) is 24.3. The van der Waals surface area contributed by atoms with Crippen LogP contribution in [0.3, 0.4) is 0 Å². The number of rotatable bonds is 7. The van der Waals surface area contributed by atoms with Crippen molar-refractivity contribution in [3.05, 3.63) is 35.9 Å². The molecule has 2 rings (SSSR count). The van der Waals surface area contributed by atoms with E-state index in [1.165, 1.54) is 31.2 Å². The molecule has 1 saturated carbocycles. The van der Waals surface area contributed by atoms with Gasteiger partial charge in [0.1, 0.15) is 0 Å². The molecule has 1 aromatic rings. The molecule has 1 aromatic carbocycles. The van der Waals surface area contributed by atoms with Gasteiger partial charge in [0.25, 0.3) is 5.67 Å². The lowest BCUT2D eigenvalue weighted by molar-refractivity contribution is -0.303. The number of aliphatic hydroxyl groups is 1. The van der Waals surface area contributed by atoms with E-state index in [1.807, 2.05) is 0 Å². The number of ether oxygens (including phenoxy) is 1. The second-order valence-electron chi connectivity index (χ2n) is 7.01. The number of carbonyl (C=O) groups excluding carboxylic acids is 1. The number of benzene rings is 1. The predicted octanol–water partition coefficient (Wildman–Crippen LogP) is 4.57. The Morgan fingerprint density at radius 2 is 1.37 bits per heavy atom. The number of halogens is 9. The van der Waals surface area contributed by atoms with Crippen molar-refractivity contribution in [2.75, 3.05) is 6.61 Å². The number of esters is 1. The highest BCUT2D eigenvalue weighted by Gasteiger charge is 3.00. The summed E-state index contributed by atoms with van der Waals surface area (Å²) in [7, 11) is 0. The number of aryl methyl sites for hydroxylation is 1. The SMILES string of the molecule is CCOC(=O)C(O)(CCc1ccccc1)CC1(F)C(F)(F)C(F)(F)C(F)(F)C1(F)F. The third-order valence-electron chi connectivity index (χ3n) is 5.04. The molecule has 30 heavy (non-hydrogen) atoms. The second kappa shape index (κ2) is 7.31. The van der Waals surface area contributed by atoms with Gasteiger partial charge in [-0.3, -0.25) is 0 Å². The fraction of sp³-hybridized carbons (Fsp3) is 0.611. The summed E-state index contributed by atoms with van der Waals surface area (Å²) in [4.78, 5) is 12.1. The predicted molar refractivity (Wildman–Crippen MR) is 84.6 cm³/mol. The molecular formula is C18H17F9O3. The van der Waals surface area contributed by atoms with E-state index < -0.39 is 66.8 Å². The van der Waals surface area contributed by atoms with Crippen LogP contribution in [-0.4, -0.2) is 52.6 Å². The molecule has 0 aromatic heterocycles. The average Bonchev–Trinajstić information content (AvgIpc) is 2.70. The van der Waals surface area contributed by atoms with E-state index in [1.54, 1.807) is 6.07 Å². The van der Waals surface area contributed by atoms with E-state index in [4.69, 9.17) is 0 Å². The van der Waals surface area contributed by atoms with E-state index in [0.717, 1.165) is 0 Å². The Hall–Kier alpha value is -1.98. The Bertz CT molecular complexity index is 756. The van der Waals surface area contributed by atoms with Crippen LogP contribution < -0.4 is 0 Å². The Morgan fingerprint density at radius 3 is 1.80 bits per heavy atom. The van der Waals surface area contributed by atoms with Gasteiger partial charge in [-0.05, 0) is 25.3 Å². The Morgan fingerprint density at radius 1 is 0.900 bits per heavy atom. The van der Waals surface area contributed by atoms with Gasteiger partial charge in [0.05, 0.1) is 6.61 Å². The summed E-state index contributed by atoms with van der Waals surface area (Å²) in [5, 5.41) is 10.4. The number of alkyl halides is 9. The van der Waals surface area contributed by atoms with Gasteiger partial charge < -0.3 is 9.84 Å². The van der Waals surface area contributed by atoms with Crippen LogP contribution in [0.15, 0.2) is 30.3 Å². The quantitative estimate of drug-likeness (QED) is 0.487. The van der Waals surface area contributed by atoms with Crippen LogP contribution in [0.25, 0.3) is 0 Å². The highest BCUT2D eigenvalue weighted by molar-refractivity contribution is 5.79. The lowest BCUT2D eigenvalue weighted by Crippen LogP contribution is -2.60. The summed E-state index contributed by atoms with van der Waals surface area (Å²) < 4.78 is 129. The summed E-state index contributed by atoms with van der Waals surface area (Å²) >= 11 is 0. The van der Waals surface area contributed by atoms with Gasteiger partial charge in [-0.25, -0.2) is 9.18 Å². The molecule has 1 aliphatic carbocycles. The molecule has 0 bridgehead atoms. The highest BCUT2D eigenvalue weighted by Crippen LogP contribution is 2.70. The van der Waals surface area contributed by atoms with Crippen molar-refractivity contribution in [1.82, 2.24) is 0 Å². The van der Waals surface area contributed by atoms with Crippen LogP contribution in [0.4, 0.5) is 39.5 Å². The lowest BCUT2D eigenvalue weighted by Gasteiger charge is -2.37. The monoisotopic (exact) mass is 452 g/mol. The van der Waals surface area contributed by atoms with Gasteiger partial charge in [0, 0.05) is 6.42 Å². The third-order valence-corrected chi connectivity index (χ3v) is 5.04. The van der Waals surface area contributed by atoms with Crippen molar-refractivity contribution >= 4 is 5.97 Å². The smallest absolute Gasteiger partial charge is 0.381 e. The first-order valence-electron chi connectivity index (χ1n) is 8.65. The summed E-state index contributed by atoms with van der Waals surface area (Å²) in [6.45, 7) is 0.646. The van der Waals surface area contributed by atoms with Gasteiger partial charge in [-0.1, -0.05) is 30.3 Å². The zero-order chi connectivity index (χ0) is 23.2. The minimum absolute atomic E-state index is 0.328. The highest BCUT2D eigenvalue weighted by atomic mass is 19.4. The Balaban J connectivity index is 2.51. The van der Waals surface area contributed by atoms with Crippen LogP contribution in [0.2, 0.25) is 0 Å². The molecule has 0 saturated heterocycles. The van der Waals surface area contributed by atoms with E-state index in [0.29, 0.717) is 5.56 Å². The molecule has 1 N–H and O–H groups in total. The minimum Gasteiger partial charge on any atom is -0.464 e. The molecule has 0 aliphatic heterocycles. The topological polar surface area (TPSA) is 46.5 Å². The van der Waals surface area contributed by atoms with Crippen LogP contribution in [0.1, 0.15) is 25.3 Å². The maximum atomic E-state index is 14.9. The molecule has 0 spiro atoms. The Labute approximate surface area is 164 Å². The van der Waals surface area contributed by atoms with Gasteiger partial charge in [-0.15, -0.1) is 0 Å². The lowest BCUT2D eigenvalue weighted by atomic mass is 9.80. The third kappa shape index (κ3) is 3.14. The molecule has 1 atom stereocenters. The zero-order valence-corrected chi connectivity index (χ0v) is 15.4. The van der Waals surface area contributed by atoms with Crippen LogP contribution in [0.5, 0.6) is 0 Å². The second-order valence-corrected chi connectivity index (χ2v) is 7.01. The number of hydrogen-bond acceptors (Lipinski definition) is 3. The molecule has 170 valence electrons. The van der Waals surface area contributed by atoms with E-state index in [9.17, 15) is 49.4 Å². The van der Waals surface area contributed by atoms with E-state index >= 15 is 0 Å². The average molecular weight is 452 g/mol. The molecule has 12 heteroatoms. The summed E-state index contributed by atoms with van der Waals surface area (Å²) in [5.41, 5.74) is -9.15. The van der Waals surface area contributed by atoms with Crippen molar-refractivity contribution < 1.29 is 54.2 Å². The molecule has 1 unspecified atom stereocenters. The summed E-state index contributed by atoms with van der Waals surface area (Å²) in [6, 6.07) is 7.35. The van der Waals surface area contributed by atoms with Crippen molar-refractivity contribution in [2.45, 2.75) is 61.1 Å². The summed E-state index contributed by atoms with van der Waals surface area (Å²) in [5.74, 6) is -28.7. The standard InChI is InChI=1S/C18H17F9O3/c1-2-30-12(28)13(29,9-8-11-6-4-3-5-7-11)10-14(19)15(20,21)17(24,25)18(26,27)16(14,22)23/h3-7,29H,2,8-10H2,1H3. The van der Waals surface area contributed by atoms with Gasteiger partial charge in [0.2, 0.25) is 0 Å². The number of hydrogen-bond donors (Lipinski definition) is 1. The molecular weight excluding hydrogens is 435 g/mol. The molecule has 0 heterocycles.